The van der Waals surface area contributed by atoms with Crippen LogP contribution in [-0.2, 0) is 23.8 Å². The van der Waals surface area contributed by atoms with Gasteiger partial charge in [-0.15, -0.1) is 0 Å². The summed E-state index contributed by atoms with van der Waals surface area (Å²) in [6.07, 6.45) is 2.93. The van der Waals surface area contributed by atoms with Crippen LogP contribution in [0, 0.1) is 18.3 Å². The normalized spacial score (nSPS) is 19.2. The van der Waals surface area contributed by atoms with E-state index in [1.165, 1.54) is 22.0 Å². The molecule has 2 aliphatic rings. The van der Waals surface area contributed by atoms with Gasteiger partial charge >= 0.3 is 0 Å². The van der Waals surface area contributed by atoms with E-state index in [1.54, 1.807) is 6.26 Å². The Bertz CT molecular complexity index is 1260. The van der Waals surface area contributed by atoms with Gasteiger partial charge in [0.2, 0.25) is 5.16 Å². The molecular weight excluding hydrogens is 432 g/mol. The molecule has 3 heterocycles. The molecule has 5 rings (SSSR count). The van der Waals surface area contributed by atoms with Crippen LogP contribution >= 0.6 is 0 Å². The molecule has 1 aromatic heterocycles. The van der Waals surface area contributed by atoms with E-state index < -0.39 is 10.8 Å². The Kier molecular flexibility index (Phi) is 6.00. The van der Waals surface area contributed by atoms with Crippen molar-refractivity contribution in [2.75, 3.05) is 42.2 Å². The minimum absolute atomic E-state index is 0.115. The predicted octanol–water partition coefficient (Wildman–Crippen LogP) is 2.93. The maximum absolute atomic E-state index is 12.4. The molecule has 0 aliphatic carbocycles. The van der Waals surface area contributed by atoms with Crippen molar-refractivity contribution in [3.8, 4) is 6.07 Å². The summed E-state index contributed by atoms with van der Waals surface area (Å²) >= 11 is 0. The number of piperazine rings is 1. The number of fused-ring (bicyclic) bond motifs is 2. The first-order chi connectivity index (χ1) is 16.0. The summed E-state index contributed by atoms with van der Waals surface area (Å²) < 4.78 is 12.4. The van der Waals surface area contributed by atoms with E-state index in [1.807, 2.05) is 0 Å². The zero-order valence-electron chi connectivity index (χ0n) is 19.0. The van der Waals surface area contributed by atoms with E-state index >= 15 is 0 Å². The van der Waals surface area contributed by atoms with Gasteiger partial charge in [0.1, 0.15) is 5.82 Å². The number of hydrogen-bond donors (Lipinski definition) is 1. The third-order valence-electron chi connectivity index (χ3n) is 6.60. The van der Waals surface area contributed by atoms with E-state index in [4.69, 9.17) is 15.2 Å². The van der Waals surface area contributed by atoms with Crippen molar-refractivity contribution in [3.63, 3.8) is 0 Å². The summed E-state index contributed by atoms with van der Waals surface area (Å²) in [7, 11) is -1.27. The van der Waals surface area contributed by atoms with Gasteiger partial charge in [-0.3, -0.25) is 4.21 Å². The molecule has 2 aromatic carbocycles. The SMILES string of the molecule is Cc1cccc2cccc(N3CCc4c(nc(S(C)=O)nc4N4CCN[C@@H](CC#N)C4)C3)c12. The second-order valence-corrected chi connectivity index (χ2v) is 10.1. The van der Waals surface area contributed by atoms with Crippen LogP contribution in [0.25, 0.3) is 10.8 Å². The molecule has 7 nitrogen and oxygen atoms in total. The molecule has 3 aromatic rings. The van der Waals surface area contributed by atoms with Gasteiger partial charge in [-0.05, 0) is 30.4 Å². The van der Waals surface area contributed by atoms with Crippen LogP contribution in [0.4, 0.5) is 11.5 Å². The Morgan fingerprint density at radius 3 is 2.79 bits per heavy atom. The fourth-order valence-electron chi connectivity index (χ4n) is 5.02. The van der Waals surface area contributed by atoms with Crippen LogP contribution in [0.3, 0.4) is 0 Å². The lowest BCUT2D eigenvalue weighted by Crippen LogP contribution is -2.51. The van der Waals surface area contributed by atoms with Gasteiger partial charge in [-0.1, -0.05) is 30.3 Å². The fraction of sp³-hybridized carbons (Fsp3) is 0.400. The second-order valence-electron chi connectivity index (χ2n) is 8.79. The first kappa shape index (κ1) is 21.8. The molecule has 0 bridgehead atoms. The number of rotatable bonds is 4. The lowest BCUT2D eigenvalue weighted by atomic mass is 9.99. The highest BCUT2D eigenvalue weighted by molar-refractivity contribution is 7.84. The summed E-state index contributed by atoms with van der Waals surface area (Å²) in [5, 5.41) is 15.4. The fourth-order valence-corrected chi connectivity index (χ4v) is 5.47. The maximum Gasteiger partial charge on any atom is 0.220 e. The molecular formula is C25H28N6OS. The number of aryl methyl sites for hydroxylation is 1. The summed E-state index contributed by atoms with van der Waals surface area (Å²) in [4.78, 5) is 14.1. The minimum Gasteiger partial charge on any atom is -0.365 e. The van der Waals surface area contributed by atoms with Crippen molar-refractivity contribution >= 4 is 33.1 Å². The molecule has 1 saturated heterocycles. The number of anilines is 2. The Morgan fingerprint density at radius 1 is 1.18 bits per heavy atom. The highest BCUT2D eigenvalue weighted by Crippen LogP contribution is 2.35. The van der Waals surface area contributed by atoms with Crippen molar-refractivity contribution < 1.29 is 4.21 Å². The molecule has 2 aliphatic heterocycles. The quantitative estimate of drug-likeness (QED) is 0.599. The number of aromatic nitrogens is 2. The van der Waals surface area contributed by atoms with E-state index in [-0.39, 0.29) is 6.04 Å². The van der Waals surface area contributed by atoms with E-state index in [0.717, 1.165) is 49.7 Å². The monoisotopic (exact) mass is 460 g/mol. The van der Waals surface area contributed by atoms with Crippen LogP contribution in [0.5, 0.6) is 0 Å². The molecule has 1 fully saturated rings. The van der Waals surface area contributed by atoms with Crippen molar-refractivity contribution in [3.05, 3.63) is 53.2 Å². The third kappa shape index (κ3) is 4.19. The standard InChI is InChI=1S/C25H28N6OS/c1-17-5-3-6-18-7-4-8-22(23(17)18)30-13-10-20-21(16-30)28-25(33(2)32)29-24(20)31-14-12-27-19(15-31)9-11-26/h3-8,19,27H,9-10,12-16H2,1-2H3/t19-,33?/m0/s1. The Labute approximate surface area is 196 Å². The van der Waals surface area contributed by atoms with Gasteiger partial charge in [0.05, 0.1) is 35.5 Å². The lowest BCUT2D eigenvalue weighted by molar-refractivity contribution is 0.458. The van der Waals surface area contributed by atoms with Crippen LogP contribution < -0.4 is 15.1 Å². The Hall–Kier alpha value is -3.02. The Balaban J connectivity index is 1.54. The van der Waals surface area contributed by atoms with Gasteiger partial charge in [-0.25, -0.2) is 9.97 Å². The number of nitrogens with one attached hydrogen (secondary N) is 1. The highest BCUT2D eigenvalue weighted by Gasteiger charge is 2.29. The van der Waals surface area contributed by atoms with Crippen molar-refractivity contribution in [1.29, 1.82) is 5.26 Å². The summed E-state index contributed by atoms with van der Waals surface area (Å²) in [6, 6.07) is 15.2. The van der Waals surface area contributed by atoms with E-state index in [2.05, 4.69) is 64.5 Å². The molecule has 1 unspecified atom stereocenters. The molecule has 0 amide bonds. The van der Waals surface area contributed by atoms with Crippen molar-refractivity contribution in [2.45, 2.75) is 37.5 Å². The Morgan fingerprint density at radius 2 is 2.00 bits per heavy atom. The average Bonchev–Trinajstić information content (AvgIpc) is 2.83. The lowest BCUT2D eigenvalue weighted by Gasteiger charge is -2.37. The summed E-state index contributed by atoms with van der Waals surface area (Å²) in [5.41, 5.74) is 4.58. The first-order valence-electron chi connectivity index (χ1n) is 11.4. The van der Waals surface area contributed by atoms with E-state index in [0.29, 0.717) is 18.1 Å². The smallest absolute Gasteiger partial charge is 0.220 e. The zero-order chi connectivity index (χ0) is 22.9. The van der Waals surface area contributed by atoms with E-state index in [9.17, 15) is 4.21 Å². The van der Waals surface area contributed by atoms with Crippen LogP contribution in [-0.4, -0.2) is 52.7 Å². The van der Waals surface area contributed by atoms with Crippen molar-refractivity contribution in [2.24, 2.45) is 0 Å². The number of hydrogen-bond acceptors (Lipinski definition) is 7. The maximum atomic E-state index is 12.4. The number of benzene rings is 2. The molecule has 33 heavy (non-hydrogen) atoms. The molecule has 170 valence electrons. The molecule has 0 radical (unpaired) electrons. The van der Waals surface area contributed by atoms with Crippen LogP contribution in [0.2, 0.25) is 0 Å². The van der Waals surface area contributed by atoms with Gasteiger partial charge in [0.15, 0.2) is 0 Å². The average molecular weight is 461 g/mol. The molecule has 0 saturated carbocycles. The molecule has 8 heteroatoms. The minimum atomic E-state index is -1.27. The summed E-state index contributed by atoms with van der Waals surface area (Å²) in [6.45, 7) is 6.03. The van der Waals surface area contributed by atoms with Crippen LogP contribution in [0.1, 0.15) is 23.2 Å². The van der Waals surface area contributed by atoms with Gasteiger partial charge in [0.25, 0.3) is 0 Å². The van der Waals surface area contributed by atoms with Gasteiger partial charge < -0.3 is 15.1 Å². The highest BCUT2D eigenvalue weighted by atomic mass is 32.2. The number of nitrogens with zero attached hydrogens (tertiary/aromatic N) is 5. The zero-order valence-corrected chi connectivity index (χ0v) is 19.9. The predicted molar refractivity (Wildman–Crippen MR) is 132 cm³/mol. The van der Waals surface area contributed by atoms with Crippen molar-refractivity contribution in [1.82, 2.24) is 15.3 Å². The first-order valence-corrected chi connectivity index (χ1v) is 12.9. The molecule has 2 atom stereocenters. The third-order valence-corrected chi connectivity index (χ3v) is 7.30. The number of nitriles is 1. The van der Waals surface area contributed by atoms with Gasteiger partial charge in [0, 0.05) is 55.1 Å². The summed E-state index contributed by atoms with van der Waals surface area (Å²) in [5.74, 6) is 0.892. The van der Waals surface area contributed by atoms with Crippen LogP contribution in [0.15, 0.2) is 41.6 Å². The topological polar surface area (TPSA) is 85.2 Å². The molecule has 0 spiro atoms. The second kappa shape index (κ2) is 9.08. The molecule has 1 N–H and O–H groups in total. The largest absolute Gasteiger partial charge is 0.365 e. The van der Waals surface area contributed by atoms with Gasteiger partial charge in [-0.2, -0.15) is 5.26 Å².